The first-order valence-electron chi connectivity index (χ1n) is 5.85. The van der Waals surface area contributed by atoms with Gasteiger partial charge in [-0.1, -0.05) is 23.8 Å². The lowest BCUT2D eigenvalue weighted by molar-refractivity contribution is 0.203. The highest BCUT2D eigenvalue weighted by molar-refractivity contribution is 5.39. The topological polar surface area (TPSA) is 47.3 Å². The summed E-state index contributed by atoms with van der Waals surface area (Å²) in [5.74, 6) is 0.602. The average molecular weight is 246 g/mol. The summed E-state index contributed by atoms with van der Waals surface area (Å²) in [6.45, 7) is 4.03. The number of methoxy groups -OCH3 is 1. The molecule has 0 amide bonds. The van der Waals surface area contributed by atoms with Gasteiger partial charge in [0.25, 0.3) is 0 Å². The lowest BCUT2D eigenvalue weighted by Gasteiger charge is -2.16. The first-order chi connectivity index (χ1) is 8.54. The monoisotopic (exact) mass is 246 g/mol. The molecule has 1 heterocycles. The molecule has 18 heavy (non-hydrogen) atoms. The SMILES string of the molecule is COc1cnn(C)c1C(O)c1ccc(C)cc1C. The molecule has 96 valence electrons. The van der Waals surface area contributed by atoms with E-state index in [1.54, 1.807) is 25.0 Å². The molecule has 0 spiro atoms. The third-order valence-corrected chi connectivity index (χ3v) is 3.15. The van der Waals surface area contributed by atoms with Crippen molar-refractivity contribution in [3.63, 3.8) is 0 Å². The summed E-state index contributed by atoms with van der Waals surface area (Å²) in [4.78, 5) is 0. The molecule has 1 N–H and O–H groups in total. The van der Waals surface area contributed by atoms with Crippen molar-refractivity contribution in [2.75, 3.05) is 7.11 Å². The summed E-state index contributed by atoms with van der Waals surface area (Å²) in [5, 5.41) is 14.6. The molecule has 1 aromatic heterocycles. The van der Waals surface area contributed by atoms with Crippen molar-refractivity contribution < 1.29 is 9.84 Å². The Labute approximate surface area is 107 Å². The van der Waals surface area contributed by atoms with E-state index in [0.717, 1.165) is 11.1 Å². The number of ether oxygens (including phenoxy) is 1. The third-order valence-electron chi connectivity index (χ3n) is 3.15. The van der Waals surface area contributed by atoms with E-state index < -0.39 is 6.10 Å². The molecule has 0 radical (unpaired) electrons. The molecular weight excluding hydrogens is 228 g/mol. The van der Waals surface area contributed by atoms with Gasteiger partial charge in [-0.15, -0.1) is 0 Å². The predicted octanol–water partition coefficient (Wildman–Crippen LogP) is 2.13. The normalized spacial score (nSPS) is 12.5. The van der Waals surface area contributed by atoms with Crippen molar-refractivity contribution in [1.82, 2.24) is 9.78 Å². The highest BCUT2D eigenvalue weighted by Crippen LogP contribution is 2.31. The van der Waals surface area contributed by atoms with Crippen LogP contribution >= 0.6 is 0 Å². The van der Waals surface area contributed by atoms with E-state index in [9.17, 15) is 5.11 Å². The summed E-state index contributed by atoms with van der Waals surface area (Å²) >= 11 is 0. The summed E-state index contributed by atoms with van der Waals surface area (Å²) < 4.78 is 6.87. The second-order valence-corrected chi connectivity index (χ2v) is 4.48. The van der Waals surface area contributed by atoms with Gasteiger partial charge in [-0.2, -0.15) is 5.10 Å². The molecule has 0 aliphatic rings. The first-order valence-corrected chi connectivity index (χ1v) is 5.85. The second-order valence-electron chi connectivity index (χ2n) is 4.48. The van der Waals surface area contributed by atoms with Gasteiger partial charge in [-0.3, -0.25) is 4.68 Å². The number of aromatic nitrogens is 2. The number of hydrogen-bond donors (Lipinski definition) is 1. The number of aryl methyl sites for hydroxylation is 3. The number of aliphatic hydroxyl groups is 1. The fraction of sp³-hybridized carbons (Fsp3) is 0.357. The maximum Gasteiger partial charge on any atom is 0.162 e. The van der Waals surface area contributed by atoms with Crippen LogP contribution in [0, 0.1) is 13.8 Å². The van der Waals surface area contributed by atoms with Gasteiger partial charge in [0.15, 0.2) is 5.75 Å². The number of rotatable bonds is 3. The molecule has 4 heteroatoms. The van der Waals surface area contributed by atoms with Crippen LogP contribution in [0.4, 0.5) is 0 Å². The van der Waals surface area contributed by atoms with Crippen LogP contribution in [-0.4, -0.2) is 22.0 Å². The van der Waals surface area contributed by atoms with Crippen molar-refractivity contribution >= 4 is 0 Å². The minimum Gasteiger partial charge on any atom is -0.493 e. The van der Waals surface area contributed by atoms with Gasteiger partial charge in [0.1, 0.15) is 11.8 Å². The maximum atomic E-state index is 10.5. The van der Waals surface area contributed by atoms with E-state index >= 15 is 0 Å². The Hall–Kier alpha value is -1.81. The van der Waals surface area contributed by atoms with Crippen molar-refractivity contribution in [2.24, 2.45) is 7.05 Å². The fourth-order valence-electron chi connectivity index (χ4n) is 2.18. The third kappa shape index (κ3) is 2.11. The van der Waals surface area contributed by atoms with Crippen LogP contribution in [0.2, 0.25) is 0 Å². The molecule has 2 rings (SSSR count). The van der Waals surface area contributed by atoms with E-state index in [1.807, 2.05) is 26.0 Å². The lowest BCUT2D eigenvalue weighted by atomic mass is 9.99. The van der Waals surface area contributed by atoms with Crippen LogP contribution < -0.4 is 4.74 Å². The molecule has 0 aliphatic carbocycles. The van der Waals surface area contributed by atoms with Crippen molar-refractivity contribution in [2.45, 2.75) is 20.0 Å². The first kappa shape index (κ1) is 12.6. The Bertz CT molecular complexity index is 561. The number of hydrogen-bond acceptors (Lipinski definition) is 3. The number of aliphatic hydroxyl groups excluding tert-OH is 1. The Balaban J connectivity index is 2.47. The minimum atomic E-state index is -0.729. The fourth-order valence-corrected chi connectivity index (χ4v) is 2.18. The van der Waals surface area contributed by atoms with E-state index in [2.05, 4.69) is 11.2 Å². The van der Waals surface area contributed by atoms with E-state index in [1.165, 1.54) is 5.56 Å². The van der Waals surface area contributed by atoms with Crippen molar-refractivity contribution in [3.8, 4) is 5.75 Å². The molecule has 0 fully saturated rings. The van der Waals surface area contributed by atoms with Crippen LogP contribution in [0.5, 0.6) is 5.75 Å². The van der Waals surface area contributed by atoms with Crippen LogP contribution in [0.25, 0.3) is 0 Å². The number of nitrogens with zero attached hydrogens (tertiary/aromatic N) is 2. The minimum absolute atomic E-state index is 0.602. The maximum absolute atomic E-state index is 10.5. The highest BCUT2D eigenvalue weighted by Gasteiger charge is 2.21. The van der Waals surface area contributed by atoms with Gasteiger partial charge in [-0.25, -0.2) is 0 Å². The summed E-state index contributed by atoms with van der Waals surface area (Å²) in [6, 6.07) is 6.00. The Morgan fingerprint density at radius 3 is 2.67 bits per heavy atom. The summed E-state index contributed by atoms with van der Waals surface area (Å²) in [6.07, 6.45) is 0.885. The van der Waals surface area contributed by atoms with Crippen LogP contribution in [0.15, 0.2) is 24.4 Å². The Kier molecular flexibility index (Phi) is 3.39. The molecule has 1 unspecified atom stereocenters. The van der Waals surface area contributed by atoms with E-state index in [4.69, 9.17) is 4.74 Å². The van der Waals surface area contributed by atoms with Crippen molar-refractivity contribution in [3.05, 3.63) is 46.8 Å². The lowest BCUT2D eigenvalue weighted by Crippen LogP contribution is -2.09. The zero-order chi connectivity index (χ0) is 13.3. The molecule has 4 nitrogen and oxygen atoms in total. The molecule has 0 aliphatic heterocycles. The number of benzene rings is 1. The molecule has 0 saturated carbocycles. The molecule has 0 bridgehead atoms. The van der Waals surface area contributed by atoms with Gasteiger partial charge >= 0.3 is 0 Å². The van der Waals surface area contributed by atoms with Crippen LogP contribution in [-0.2, 0) is 7.05 Å². The van der Waals surface area contributed by atoms with E-state index in [-0.39, 0.29) is 0 Å². The van der Waals surface area contributed by atoms with Gasteiger partial charge in [0.2, 0.25) is 0 Å². The molecule has 0 saturated heterocycles. The average Bonchev–Trinajstić information content (AvgIpc) is 2.69. The highest BCUT2D eigenvalue weighted by atomic mass is 16.5. The molecule has 1 atom stereocenters. The quantitative estimate of drug-likeness (QED) is 0.902. The van der Waals surface area contributed by atoms with Gasteiger partial charge in [0, 0.05) is 7.05 Å². The van der Waals surface area contributed by atoms with Crippen molar-refractivity contribution in [1.29, 1.82) is 0 Å². The zero-order valence-electron chi connectivity index (χ0n) is 11.1. The van der Waals surface area contributed by atoms with Gasteiger partial charge < -0.3 is 9.84 Å². The smallest absolute Gasteiger partial charge is 0.162 e. The Morgan fingerprint density at radius 1 is 1.33 bits per heavy atom. The zero-order valence-corrected chi connectivity index (χ0v) is 11.1. The second kappa shape index (κ2) is 4.82. The Morgan fingerprint density at radius 2 is 2.06 bits per heavy atom. The molecule has 2 aromatic rings. The largest absolute Gasteiger partial charge is 0.493 e. The molecule has 1 aromatic carbocycles. The van der Waals surface area contributed by atoms with E-state index in [0.29, 0.717) is 11.4 Å². The predicted molar refractivity (Wildman–Crippen MR) is 69.7 cm³/mol. The molecular formula is C14H18N2O2. The summed E-state index contributed by atoms with van der Waals surface area (Å²) in [7, 11) is 3.37. The van der Waals surface area contributed by atoms with Crippen LogP contribution in [0.1, 0.15) is 28.5 Å². The summed E-state index contributed by atoms with van der Waals surface area (Å²) in [5.41, 5.74) is 3.79. The standard InChI is InChI=1S/C14H18N2O2/c1-9-5-6-11(10(2)7-9)14(17)13-12(18-4)8-15-16(13)3/h5-8,14,17H,1-4H3. The van der Waals surface area contributed by atoms with Crippen LogP contribution in [0.3, 0.4) is 0 Å². The van der Waals surface area contributed by atoms with Gasteiger partial charge in [0.05, 0.1) is 13.3 Å². The van der Waals surface area contributed by atoms with Gasteiger partial charge in [-0.05, 0) is 25.0 Å².